The molecule has 2 aliphatic heterocycles. The zero-order valence-electron chi connectivity index (χ0n) is 16.2. The highest BCUT2D eigenvalue weighted by Crippen LogP contribution is 2.39. The zero-order chi connectivity index (χ0) is 19.2. The Morgan fingerprint density at radius 1 is 1.11 bits per heavy atom. The number of carbonyl (C=O) groups excluding carboxylic acids is 3. The third kappa shape index (κ3) is 2.82. The van der Waals surface area contributed by atoms with Crippen LogP contribution in [0.25, 0.3) is 0 Å². The summed E-state index contributed by atoms with van der Waals surface area (Å²) in [6.07, 6.45) is 6.24. The molecule has 6 nitrogen and oxygen atoms in total. The molecule has 0 atom stereocenters. The second-order valence-corrected chi connectivity index (χ2v) is 8.11. The van der Waals surface area contributed by atoms with E-state index in [9.17, 15) is 14.4 Å². The van der Waals surface area contributed by atoms with E-state index < -0.39 is 5.54 Å². The number of anilines is 1. The maximum Gasteiger partial charge on any atom is 0.327 e. The lowest BCUT2D eigenvalue weighted by atomic mass is 9.81. The van der Waals surface area contributed by atoms with Crippen LogP contribution < -0.4 is 4.90 Å². The van der Waals surface area contributed by atoms with Crippen LogP contribution in [0.2, 0.25) is 0 Å². The number of likely N-dealkylation sites (N-methyl/N-ethyl adjacent to an activating group) is 1. The van der Waals surface area contributed by atoms with E-state index in [2.05, 4.69) is 6.07 Å². The number of nitrogens with zero attached hydrogens (tertiary/aromatic N) is 3. The molecule has 1 aromatic carbocycles. The molecule has 1 spiro atoms. The van der Waals surface area contributed by atoms with Crippen LogP contribution in [0.15, 0.2) is 18.2 Å². The van der Waals surface area contributed by atoms with E-state index in [1.807, 2.05) is 19.1 Å². The summed E-state index contributed by atoms with van der Waals surface area (Å²) in [6.45, 7) is 2.51. The Hall–Kier alpha value is -2.37. The maximum absolute atomic E-state index is 13.1. The van der Waals surface area contributed by atoms with Gasteiger partial charge < -0.3 is 9.80 Å². The van der Waals surface area contributed by atoms with Gasteiger partial charge in [-0.15, -0.1) is 0 Å². The van der Waals surface area contributed by atoms with Crippen molar-refractivity contribution in [2.45, 2.75) is 57.4 Å². The van der Waals surface area contributed by atoms with Crippen LogP contribution in [-0.2, 0) is 16.0 Å². The number of aryl methyl sites for hydroxylation is 2. The lowest BCUT2D eigenvalue weighted by Gasteiger charge is -2.36. The first kappa shape index (κ1) is 18.0. The molecule has 1 aromatic rings. The standard InChI is InChI=1S/C21H27N3O3/c1-15-8-9-17-16(13-15)7-6-12-23(17)18(25)14-24-19(26)21(22(2)20(24)27)10-4-3-5-11-21/h8-9,13H,3-7,10-12,14H2,1-2H3. The Morgan fingerprint density at radius 2 is 1.85 bits per heavy atom. The molecule has 4 rings (SSSR count). The van der Waals surface area contributed by atoms with Crippen molar-refractivity contribution >= 4 is 23.5 Å². The van der Waals surface area contributed by atoms with Gasteiger partial charge >= 0.3 is 6.03 Å². The van der Waals surface area contributed by atoms with E-state index in [0.29, 0.717) is 19.4 Å². The Labute approximate surface area is 160 Å². The minimum atomic E-state index is -0.730. The Balaban J connectivity index is 1.55. The number of hydrogen-bond acceptors (Lipinski definition) is 3. The summed E-state index contributed by atoms with van der Waals surface area (Å²) in [6, 6.07) is 5.76. The number of amides is 4. The van der Waals surface area contributed by atoms with Gasteiger partial charge in [-0.05, 0) is 44.2 Å². The molecular formula is C21H27N3O3. The second-order valence-electron chi connectivity index (χ2n) is 8.11. The molecule has 144 valence electrons. The minimum absolute atomic E-state index is 0.170. The van der Waals surface area contributed by atoms with Crippen molar-refractivity contribution in [2.24, 2.45) is 0 Å². The van der Waals surface area contributed by atoms with Gasteiger partial charge in [0, 0.05) is 19.3 Å². The van der Waals surface area contributed by atoms with Gasteiger partial charge in [-0.1, -0.05) is 37.0 Å². The first-order valence-electron chi connectivity index (χ1n) is 9.94. The number of benzene rings is 1. The van der Waals surface area contributed by atoms with Gasteiger partial charge in [0.05, 0.1) is 0 Å². The predicted molar refractivity (Wildman–Crippen MR) is 103 cm³/mol. The minimum Gasteiger partial charge on any atom is -0.313 e. The molecular weight excluding hydrogens is 342 g/mol. The van der Waals surface area contributed by atoms with Crippen molar-refractivity contribution in [3.05, 3.63) is 29.3 Å². The molecule has 1 saturated carbocycles. The van der Waals surface area contributed by atoms with Crippen LogP contribution in [-0.4, -0.2) is 53.3 Å². The van der Waals surface area contributed by atoms with Gasteiger partial charge in [0.25, 0.3) is 5.91 Å². The summed E-state index contributed by atoms with van der Waals surface area (Å²) < 4.78 is 0. The molecule has 2 heterocycles. The highest BCUT2D eigenvalue weighted by molar-refractivity contribution is 6.10. The van der Waals surface area contributed by atoms with Gasteiger partial charge in [0.15, 0.2) is 0 Å². The highest BCUT2D eigenvalue weighted by Gasteiger charge is 2.56. The molecule has 6 heteroatoms. The molecule has 4 amide bonds. The van der Waals surface area contributed by atoms with E-state index in [1.165, 1.54) is 10.5 Å². The van der Waals surface area contributed by atoms with Crippen LogP contribution >= 0.6 is 0 Å². The van der Waals surface area contributed by atoms with Crippen molar-refractivity contribution < 1.29 is 14.4 Å². The molecule has 0 unspecified atom stereocenters. The first-order chi connectivity index (χ1) is 12.9. The van der Waals surface area contributed by atoms with Gasteiger partial charge in [-0.2, -0.15) is 0 Å². The SMILES string of the molecule is Cc1ccc2c(c1)CCCN2C(=O)CN1C(=O)N(C)C2(CCCCC2)C1=O. The normalized spacial score (nSPS) is 21.8. The van der Waals surface area contributed by atoms with Crippen LogP contribution in [0, 0.1) is 6.92 Å². The van der Waals surface area contributed by atoms with Crippen LogP contribution in [0.4, 0.5) is 10.5 Å². The predicted octanol–water partition coefficient (Wildman–Crippen LogP) is 2.87. The van der Waals surface area contributed by atoms with Gasteiger partial charge in [0.1, 0.15) is 12.1 Å². The average Bonchev–Trinajstić information content (AvgIpc) is 2.84. The van der Waals surface area contributed by atoms with Crippen molar-refractivity contribution in [3.63, 3.8) is 0 Å². The smallest absolute Gasteiger partial charge is 0.313 e. The van der Waals surface area contributed by atoms with E-state index >= 15 is 0 Å². The van der Waals surface area contributed by atoms with Crippen molar-refractivity contribution in [3.8, 4) is 0 Å². The average molecular weight is 369 g/mol. The summed E-state index contributed by atoms with van der Waals surface area (Å²) in [5, 5.41) is 0. The summed E-state index contributed by atoms with van der Waals surface area (Å²) >= 11 is 0. The van der Waals surface area contributed by atoms with Gasteiger partial charge in [-0.3, -0.25) is 14.5 Å². The summed E-state index contributed by atoms with van der Waals surface area (Å²) in [5.41, 5.74) is 2.52. The van der Waals surface area contributed by atoms with Crippen molar-refractivity contribution in [1.82, 2.24) is 9.80 Å². The van der Waals surface area contributed by atoms with Gasteiger partial charge in [-0.25, -0.2) is 4.79 Å². The summed E-state index contributed by atoms with van der Waals surface area (Å²) in [7, 11) is 1.70. The fourth-order valence-corrected chi connectivity index (χ4v) is 4.88. The number of urea groups is 1. The second kappa shape index (κ2) is 6.66. The highest BCUT2D eigenvalue weighted by atomic mass is 16.2. The molecule has 0 aromatic heterocycles. The molecule has 1 aliphatic carbocycles. The number of carbonyl (C=O) groups is 3. The van der Waals surface area contributed by atoms with Crippen LogP contribution in [0.5, 0.6) is 0 Å². The Bertz CT molecular complexity index is 798. The Kier molecular flexibility index (Phi) is 4.44. The molecule has 0 radical (unpaired) electrons. The van der Waals surface area contributed by atoms with Crippen molar-refractivity contribution in [1.29, 1.82) is 0 Å². The van der Waals surface area contributed by atoms with Gasteiger partial charge in [0.2, 0.25) is 5.91 Å². The van der Waals surface area contributed by atoms with E-state index in [4.69, 9.17) is 0 Å². The zero-order valence-corrected chi connectivity index (χ0v) is 16.2. The monoisotopic (exact) mass is 369 g/mol. The molecule has 0 bridgehead atoms. The first-order valence-corrected chi connectivity index (χ1v) is 9.94. The summed E-state index contributed by atoms with van der Waals surface area (Å²) in [5.74, 6) is -0.369. The lowest BCUT2D eigenvalue weighted by molar-refractivity contribution is -0.136. The Morgan fingerprint density at radius 3 is 2.59 bits per heavy atom. The quantitative estimate of drug-likeness (QED) is 0.753. The summed E-state index contributed by atoms with van der Waals surface area (Å²) in [4.78, 5) is 43.4. The molecule has 1 saturated heterocycles. The lowest BCUT2D eigenvalue weighted by Crippen LogP contribution is -2.50. The molecule has 3 aliphatic rings. The number of imide groups is 1. The fourth-order valence-electron chi connectivity index (χ4n) is 4.88. The van der Waals surface area contributed by atoms with E-state index in [1.54, 1.807) is 16.8 Å². The van der Waals surface area contributed by atoms with E-state index in [-0.39, 0.29) is 24.4 Å². The third-order valence-electron chi connectivity index (χ3n) is 6.43. The van der Waals surface area contributed by atoms with Crippen LogP contribution in [0.3, 0.4) is 0 Å². The van der Waals surface area contributed by atoms with Crippen molar-refractivity contribution in [2.75, 3.05) is 25.0 Å². The number of rotatable bonds is 2. The maximum atomic E-state index is 13.1. The van der Waals surface area contributed by atoms with E-state index in [0.717, 1.165) is 43.4 Å². The third-order valence-corrected chi connectivity index (χ3v) is 6.43. The molecule has 27 heavy (non-hydrogen) atoms. The molecule has 2 fully saturated rings. The topological polar surface area (TPSA) is 60.9 Å². The number of fused-ring (bicyclic) bond motifs is 1. The largest absolute Gasteiger partial charge is 0.327 e. The molecule has 0 N–H and O–H groups in total. The van der Waals surface area contributed by atoms with Crippen LogP contribution in [0.1, 0.15) is 49.7 Å². The number of hydrogen-bond donors (Lipinski definition) is 0. The fraction of sp³-hybridized carbons (Fsp3) is 0.571.